The minimum atomic E-state index is -0.360. The van der Waals surface area contributed by atoms with Gasteiger partial charge in [0.15, 0.2) is 0 Å². The fourth-order valence-electron chi connectivity index (χ4n) is 3.11. The normalized spacial score (nSPS) is 15.7. The van der Waals surface area contributed by atoms with Crippen molar-refractivity contribution >= 4 is 23.6 Å². The number of nitrogens with one attached hydrogen (secondary N) is 1. The summed E-state index contributed by atoms with van der Waals surface area (Å²) < 4.78 is 7.57. The number of carbonyl (C=O) groups is 1. The molecule has 0 saturated carbocycles. The van der Waals surface area contributed by atoms with Crippen LogP contribution >= 0.6 is 11.6 Å². The quantitative estimate of drug-likeness (QED) is 0.863. The van der Waals surface area contributed by atoms with Crippen molar-refractivity contribution in [2.24, 2.45) is 0 Å². The van der Waals surface area contributed by atoms with Gasteiger partial charge in [0.25, 0.3) is 0 Å². The van der Waals surface area contributed by atoms with Gasteiger partial charge < -0.3 is 15.0 Å². The van der Waals surface area contributed by atoms with Crippen molar-refractivity contribution < 1.29 is 9.53 Å². The van der Waals surface area contributed by atoms with Crippen LogP contribution in [-0.4, -0.2) is 45.6 Å². The Labute approximate surface area is 164 Å². The Kier molecular flexibility index (Phi) is 5.60. The average Bonchev–Trinajstić information content (AvgIpc) is 2.96. The van der Waals surface area contributed by atoms with E-state index in [4.69, 9.17) is 16.3 Å². The number of ether oxygens (including phenoxy) is 1. The standard InChI is InChI=1S/C19H26ClN5O2/c1-13-22-23-17(25(13)15-7-5-14(20)6-8-15)24-11-9-16(10-12-24)27-18(26)21-19(2,3)4/h5-8,16H,9-12H2,1-4H3,(H,21,26). The molecule has 1 aromatic heterocycles. The molecule has 1 saturated heterocycles. The fourth-order valence-corrected chi connectivity index (χ4v) is 3.24. The Hall–Kier alpha value is -2.28. The molecule has 1 N–H and O–H groups in total. The van der Waals surface area contributed by atoms with Crippen LogP contribution in [0.3, 0.4) is 0 Å². The number of aromatic nitrogens is 3. The van der Waals surface area contributed by atoms with Crippen molar-refractivity contribution in [2.45, 2.75) is 52.2 Å². The van der Waals surface area contributed by atoms with Gasteiger partial charge in [-0.1, -0.05) is 11.6 Å². The Morgan fingerprint density at radius 3 is 2.41 bits per heavy atom. The van der Waals surface area contributed by atoms with E-state index in [1.807, 2.05) is 56.5 Å². The summed E-state index contributed by atoms with van der Waals surface area (Å²) in [5.74, 6) is 1.61. The van der Waals surface area contributed by atoms with Gasteiger partial charge in [-0.2, -0.15) is 0 Å². The predicted octanol–water partition coefficient (Wildman–Crippen LogP) is 3.72. The highest BCUT2D eigenvalue weighted by molar-refractivity contribution is 6.30. The molecule has 0 aliphatic carbocycles. The molecule has 1 aliphatic heterocycles. The fraction of sp³-hybridized carbons (Fsp3) is 0.526. The number of benzene rings is 1. The first-order chi connectivity index (χ1) is 12.7. The van der Waals surface area contributed by atoms with Crippen LogP contribution in [0, 0.1) is 6.92 Å². The maximum Gasteiger partial charge on any atom is 0.407 e. The summed E-state index contributed by atoms with van der Waals surface area (Å²) in [4.78, 5) is 14.1. The maximum absolute atomic E-state index is 12.0. The molecule has 0 radical (unpaired) electrons. The lowest BCUT2D eigenvalue weighted by atomic mass is 10.1. The third-order valence-electron chi connectivity index (χ3n) is 4.37. The minimum Gasteiger partial charge on any atom is -0.446 e. The number of anilines is 1. The Balaban J connectivity index is 1.65. The number of nitrogens with zero attached hydrogens (tertiary/aromatic N) is 4. The number of hydrogen-bond acceptors (Lipinski definition) is 5. The van der Waals surface area contributed by atoms with E-state index >= 15 is 0 Å². The van der Waals surface area contributed by atoms with Crippen LogP contribution in [-0.2, 0) is 4.74 Å². The highest BCUT2D eigenvalue weighted by atomic mass is 35.5. The first kappa shape index (κ1) is 19.5. The molecule has 1 aliphatic rings. The number of carbonyl (C=O) groups excluding carboxylic acids is 1. The Bertz CT molecular complexity index is 789. The van der Waals surface area contributed by atoms with Gasteiger partial charge in [0.1, 0.15) is 11.9 Å². The zero-order chi connectivity index (χ0) is 19.6. The number of alkyl carbamates (subject to hydrolysis) is 1. The van der Waals surface area contributed by atoms with Crippen LogP contribution in [0.4, 0.5) is 10.7 Å². The lowest BCUT2D eigenvalue weighted by Crippen LogP contribution is -2.45. The van der Waals surface area contributed by atoms with Gasteiger partial charge in [-0.3, -0.25) is 4.57 Å². The van der Waals surface area contributed by atoms with Crippen LogP contribution < -0.4 is 10.2 Å². The van der Waals surface area contributed by atoms with E-state index in [0.29, 0.717) is 5.02 Å². The zero-order valence-corrected chi connectivity index (χ0v) is 17.0. The number of hydrogen-bond donors (Lipinski definition) is 1. The molecule has 0 unspecified atom stereocenters. The number of halogens is 1. The van der Waals surface area contributed by atoms with E-state index in [2.05, 4.69) is 20.4 Å². The summed E-state index contributed by atoms with van der Waals surface area (Å²) in [7, 11) is 0. The van der Waals surface area contributed by atoms with E-state index < -0.39 is 0 Å². The van der Waals surface area contributed by atoms with E-state index in [0.717, 1.165) is 43.4 Å². The summed E-state index contributed by atoms with van der Waals surface area (Å²) >= 11 is 6.00. The lowest BCUT2D eigenvalue weighted by Gasteiger charge is -2.33. The molecule has 3 rings (SSSR count). The summed E-state index contributed by atoms with van der Waals surface area (Å²) in [6, 6.07) is 7.62. The molecule has 146 valence electrons. The second-order valence-corrected chi connectivity index (χ2v) is 8.26. The summed E-state index contributed by atoms with van der Waals surface area (Å²) in [6.07, 6.45) is 1.06. The predicted molar refractivity (Wildman–Crippen MR) is 106 cm³/mol. The highest BCUT2D eigenvalue weighted by Gasteiger charge is 2.27. The second kappa shape index (κ2) is 7.76. The number of rotatable bonds is 3. The molecule has 8 heteroatoms. The van der Waals surface area contributed by atoms with E-state index in [9.17, 15) is 4.79 Å². The van der Waals surface area contributed by atoms with Crippen molar-refractivity contribution in [3.8, 4) is 5.69 Å². The SMILES string of the molecule is Cc1nnc(N2CCC(OC(=O)NC(C)(C)C)CC2)n1-c1ccc(Cl)cc1. The van der Waals surface area contributed by atoms with Gasteiger partial charge in [0.05, 0.1) is 5.69 Å². The summed E-state index contributed by atoms with van der Waals surface area (Å²) in [6.45, 7) is 9.23. The largest absolute Gasteiger partial charge is 0.446 e. The smallest absolute Gasteiger partial charge is 0.407 e. The Morgan fingerprint density at radius 1 is 1.19 bits per heavy atom. The van der Waals surface area contributed by atoms with Crippen molar-refractivity contribution in [2.75, 3.05) is 18.0 Å². The van der Waals surface area contributed by atoms with Crippen LogP contribution in [0.1, 0.15) is 39.4 Å². The minimum absolute atomic E-state index is 0.0865. The van der Waals surface area contributed by atoms with Gasteiger partial charge in [-0.15, -0.1) is 10.2 Å². The molecule has 0 atom stereocenters. The van der Waals surface area contributed by atoms with Crippen molar-refractivity contribution in [1.82, 2.24) is 20.1 Å². The van der Waals surface area contributed by atoms with Crippen LogP contribution in [0.5, 0.6) is 0 Å². The van der Waals surface area contributed by atoms with Crippen LogP contribution in [0.25, 0.3) is 5.69 Å². The average molecular weight is 392 g/mol. The summed E-state index contributed by atoms with van der Waals surface area (Å²) in [5, 5.41) is 12.1. The van der Waals surface area contributed by atoms with E-state index in [1.54, 1.807) is 0 Å². The third-order valence-corrected chi connectivity index (χ3v) is 4.62. The van der Waals surface area contributed by atoms with Crippen LogP contribution in [0.15, 0.2) is 24.3 Å². The Morgan fingerprint density at radius 2 is 1.81 bits per heavy atom. The second-order valence-electron chi connectivity index (χ2n) is 7.83. The van der Waals surface area contributed by atoms with Gasteiger partial charge in [-0.25, -0.2) is 4.79 Å². The third kappa shape index (κ3) is 4.91. The van der Waals surface area contributed by atoms with Crippen molar-refractivity contribution in [3.05, 3.63) is 35.1 Å². The first-order valence-electron chi connectivity index (χ1n) is 9.14. The number of aryl methyl sites for hydroxylation is 1. The van der Waals surface area contributed by atoms with Gasteiger partial charge in [-0.05, 0) is 52.0 Å². The van der Waals surface area contributed by atoms with Gasteiger partial charge in [0, 0.05) is 36.5 Å². The molecular weight excluding hydrogens is 366 g/mol. The molecule has 2 aromatic rings. The van der Waals surface area contributed by atoms with Crippen molar-refractivity contribution in [3.63, 3.8) is 0 Å². The van der Waals surface area contributed by atoms with E-state index in [-0.39, 0.29) is 17.7 Å². The molecule has 0 bridgehead atoms. The first-order valence-corrected chi connectivity index (χ1v) is 9.52. The summed E-state index contributed by atoms with van der Waals surface area (Å²) in [5.41, 5.74) is 0.671. The van der Waals surface area contributed by atoms with Crippen LogP contribution in [0.2, 0.25) is 5.02 Å². The highest BCUT2D eigenvalue weighted by Crippen LogP contribution is 2.25. The number of piperidine rings is 1. The molecule has 2 heterocycles. The molecular formula is C19H26ClN5O2. The topological polar surface area (TPSA) is 72.3 Å². The monoisotopic (exact) mass is 391 g/mol. The molecule has 0 spiro atoms. The van der Waals surface area contributed by atoms with Crippen molar-refractivity contribution in [1.29, 1.82) is 0 Å². The molecule has 1 aromatic carbocycles. The zero-order valence-electron chi connectivity index (χ0n) is 16.2. The van der Waals surface area contributed by atoms with E-state index in [1.165, 1.54) is 0 Å². The molecule has 1 amide bonds. The van der Waals surface area contributed by atoms with Gasteiger partial charge >= 0.3 is 6.09 Å². The molecule has 1 fully saturated rings. The lowest BCUT2D eigenvalue weighted by molar-refractivity contribution is 0.0775. The molecule has 7 nitrogen and oxygen atoms in total. The molecule has 27 heavy (non-hydrogen) atoms. The van der Waals surface area contributed by atoms with Gasteiger partial charge in [0.2, 0.25) is 5.95 Å². The maximum atomic E-state index is 12.0. The number of amides is 1.